The zero-order chi connectivity index (χ0) is 20.6. The summed E-state index contributed by atoms with van der Waals surface area (Å²) in [6.07, 6.45) is 1.39. The first kappa shape index (κ1) is 19.2. The second-order valence-corrected chi connectivity index (χ2v) is 7.53. The van der Waals surface area contributed by atoms with Crippen LogP contribution < -0.4 is 5.32 Å². The van der Waals surface area contributed by atoms with Crippen molar-refractivity contribution in [2.24, 2.45) is 0 Å². The average Bonchev–Trinajstić information content (AvgIpc) is 3.22. The topological polar surface area (TPSA) is 95.8 Å². The van der Waals surface area contributed by atoms with Gasteiger partial charge < -0.3 is 14.2 Å². The summed E-state index contributed by atoms with van der Waals surface area (Å²) < 4.78 is 5.59. The van der Waals surface area contributed by atoms with Crippen LogP contribution in [0.1, 0.15) is 47.5 Å². The van der Waals surface area contributed by atoms with Crippen LogP contribution in [0.4, 0.5) is 4.79 Å². The number of nitrogens with one attached hydrogen (secondary N) is 1. The number of aryl methyl sites for hydroxylation is 2. The fourth-order valence-corrected chi connectivity index (χ4v) is 4.11. The van der Waals surface area contributed by atoms with E-state index >= 15 is 0 Å². The van der Waals surface area contributed by atoms with Gasteiger partial charge in [-0.1, -0.05) is 37.3 Å². The minimum atomic E-state index is -0.922. The molecule has 0 atom stereocenters. The van der Waals surface area contributed by atoms with Crippen molar-refractivity contribution in [2.75, 3.05) is 13.1 Å². The summed E-state index contributed by atoms with van der Waals surface area (Å²) in [5.41, 5.74) is 0.612. The van der Waals surface area contributed by atoms with E-state index in [1.807, 2.05) is 37.3 Å². The summed E-state index contributed by atoms with van der Waals surface area (Å²) >= 11 is 0. The molecule has 3 heterocycles. The van der Waals surface area contributed by atoms with E-state index in [9.17, 15) is 14.4 Å². The third-order valence-electron chi connectivity index (χ3n) is 5.80. The molecule has 0 radical (unpaired) electrons. The molecule has 0 saturated carbocycles. The van der Waals surface area contributed by atoms with Crippen molar-refractivity contribution in [1.29, 1.82) is 0 Å². The maximum absolute atomic E-state index is 12.9. The smallest absolute Gasteiger partial charge is 0.325 e. The zero-order valence-electron chi connectivity index (χ0n) is 16.6. The Bertz CT molecular complexity index is 945. The van der Waals surface area contributed by atoms with Gasteiger partial charge >= 0.3 is 6.03 Å². The lowest BCUT2D eigenvalue weighted by Gasteiger charge is -2.42. The molecule has 4 amide bonds. The van der Waals surface area contributed by atoms with E-state index in [4.69, 9.17) is 4.42 Å². The van der Waals surface area contributed by atoms with Crippen molar-refractivity contribution in [3.8, 4) is 0 Å². The highest BCUT2D eigenvalue weighted by molar-refractivity contribution is 6.07. The first-order chi connectivity index (χ1) is 13.9. The first-order valence-corrected chi connectivity index (χ1v) is 9.87. The summed E-state index contributed by atoms with van der Waals surface area (Å²) in [5, 5.41) is 2.46. The van der Waals surface area contributed by atoms with E-state index in [0.29, 0.717) is 50.5 Å². The highest BCUT2D eigenvalue weighted by Crippen LogP contribution is 2.35. The van der Waals surface area contributed by atoms with Crippen molar-refractivity contribution in [2.45, 2.75) is 45.2 Å². The van der Waals surface area contributed by atoms with Gasteiger partial charge in [0.15, 0.2) is 5.89 Å². The van der Waals surface area contributed by atoms with Crippen LogP contribution >= 0.6 is 0 Å². The van der Waals surface area contributed by atoms with Gasteiger partial charge in [-0.15, -0.1) is 0 Å². The number of rotatable bonds is 4. The summed E-state index contributed by atoms with van der Waals surface area (Å²) in [7, 11) is 0. The maximum atomic E-state index is 12.9. The number of benzene rings is 1. The Kier molecular flexibility index (Phi) is 4.86. The molecule has 2 saturated heterocycles. The SMILES string of the molecule is CCc1nc(C)c(C(=O)N2CCC3(CC2)C(=O)NC(=O)N3Cc2ccccc2)o1. The molecule has 29 heavy (non-hydrogen) atoms. The standard InChI is InChI=1S/C21H24N4O4/c1-3-16-22-14(2)17(29-16)18(26)24-11-9-21(10-12-24)19(27)23-20(28)25(21)13-15-7-5-4-6-8-15/h4-8H,3,9-13H2,1-2H3,(H,23,27,28). The van der Waals surface area contributed by atoms with E-state index in [1.54, 1.807) is 16.7 Å². The van der Waals surface area contributed by atoms with Crippen LogP contribution in [0, 0.1) is 6.92 Å². The Hall–Kier alpha value is -3.16. The molecular weight excluding hydrogens is 372 g/mol. The highest BCUT2D eigenvalue weighted by atomic mass is 16.4. The number of hydrogen-bond acceptors (Lipinski definition) is 5. The van der Waals surface area contributed by atoms with Gasteiger partial charge in [0.05, 0.1) is 5.69 Å². The molecule has 8 heteroatoms. The molecule has 2 aromatic rings. The number of urea groups is 1. The van der Waals surface area contributed by atoms with E-state index < -0.39 is 5.54 Å². The van der Waals surface area contributed by atoms with Gasteiger partial charge in [0.2, 0.25) is 5.76 Å². The van der Waals surface area contributed by atoms with Crippen LogP contribution in [-0.4, -0.2) is 51.3 Å². The second-order valence-electron chi connectivity index (χ2n) is 7.53. The molecule has 2 aliphatic heterocycles. The van der Waals surface area contributed by atoms with E-state index in [1.165, 1.54) is 0 Å². The normalized spacial score (nSPS) is 18.4. The Morgan fingerprint density at radius 3 is 2.52 bits per heavy atom. The van der Waals surface area contributed by atoms with Gasteiger partial charge in [-0.2, -0.15) is 0 Å². The quantitative estimate of drug-likeness (QED) is 0.800. The molecule has 0 bridgehead atoms. The summed E-state index contributed by atoms with van der Waals surface area (Å²) in [4.78, 5) is 45.6. The van der Waals surface area contributed by atoms with E-state index in [2.05, 4.69) is 10.3 Å². The number of imide groups is 1. The predicted octanol–water partition coefficient (Wildman–Crippen LogP) is 2.27. The van der Waals surface area contributed by atoms with Crippen molar-refractivity contribution in [1.82, 2.24) is 20.1 Å². The largest absolute Gasteiger partial charge is 0.435 e. The molecule has 4 rings (SSSR count). The van der Waals surface area contributed by atoms with Crippen molar-refractivity contribution < 1.29 is 18.8 Å². The van der Waals surface area contributed by atoms with Gasteiger partial charge in [-0.25, -0.2) is 9.78 Å². The molecule has 2 fully saturated rings. The Labute approximate surface area is 168 Å². The number of carbonyl (C=O) groups is 3. The van der Waals surface area contributed by atoms with Crippen LogP contribution in [0.2, 0.25) is 0 Å². The first-order valence-electron chi connectivity index (χ1n) is 9.87. The fourth-order valence-electron chi connectivity index (χ4n) is 4.11. The average molecular weight is 396 g/mol. The molecule has 8 nitrogen and oxygen atoms in total. The Morgan fingerprint density at radius 1 is 1.21 bits per heavy atom. The Balaban J connectivity index is 1.51. The minimum Gasteiger partial charge on any atom is -0.435 e. The number of piperidine rings is 1. The third kappa shape index (κ3) is 3.28. The van der Waals surface area contributed by atoms with E-state index in [0.717, 1.165) is 5.56 Å². The summed E-state index contributed by atoms with van der Waals surface area (Å²) in [5.74, 6) is 0.290. The van der Waals surface area contributed by atoms with Gasteiger partial charge in [0, 0.05) is 26.1 Å². The molecule has 1 N–H and O–H groups in total. The zero-order valence-corrected chi connectivity index (χ0v) is 16.6. The summed E-state index contributed by atoms with van der Waals surface area (Å²) in [6, 6.07) is 9.21. The van der Waals surface area contributed by atoms with Crippen LogP contribution in [0.15, 0.2) is 34.7 Å². The summed E-state index contributed by atoms with van der Waals surface area (Å²) in [6.45, 7) is 4.76. The van der Waals surface area contributed by atoms with Gasteiger partial charge in [-0.3, -0.25) is 14.9 Å². The lowest BCUT2D eigenvalue weighted by molar-refractivity contribution is -0.129. The lowest BCUT2D eigenvalue weighted by Crippen LogP contribution is -2.57. The van der Waals surface area contributed by atoms with Gasteiger partial charge in [0.1, 0.15) is 5.54 Å². The molecule has 2 aliphatic rings. The van der Waals surface area contributed by atoms with Crippen LogP contribution in [0.5, 0.6) is 0 Å². The second kappa shape index (κ2) is 7.35. The monoisotopic (exact) mass is 396 g/mol. The lowest BCUT2D eigenvalue weighted by atomic mass is 9.85. The van der Waals surface area contributed by atoms with Crippen molar-refractivity contribution in [3.63, 3.8) is 0 Å². The molecular formula is C21H24N4O4. The van der Waals surface area contributed by atoms with Gasteiger partial charge in [-0.05, 0) is 25.3 Å². The molecule has 1 aromatic carbocycles. The van der Waals surface area contributed by atoms with Crippen molar-refractivity contribution >= 4 is 17.8 Å². The molecule has 1 aromatic heterocycles. The number of hydrogen-bond donors (Lipinski definition) is 1. The number of likely N-dealkylation sites (tertiary alicyclic amines) is 1. The van der Waals surface area contributed by atoms with Crippen LogP contribution in [0.3, 0.4) is 0 Å². The number of carbonyl (C=O) groups excluding carboxylic acids is 3. The van der Waals surface area contributed by atoms with Crippen LogP contribution in [-0.2, 0) is 17.8 Å². The predicted molar refractivity (Wildman–Crippen MR) is 104 cm³/mol. The van der Waals surface area contributed by atoms with Crippen molar-refractivity contribution in [3.05, 3.63) is 53.2 Å². The number of oxazole rings is 1. The number of nitrogens with zero attached hydrogens (tertiary/aromatic N) is 3. The molecule has 0 unspecified atom stereocenters. The van der Waals surface area contributed by atoms with E-state index in [-0.39, 0.29) is 23.6 Å². The number of amides is 4. The molecule has 152 valence electrons. The highest BCUT2D eigenvalue weighted by Gasteiger charge is 2.54. The molecule has 0 aliphatic carbocycles. The van der Waals surface area contributed by atoms with Gasteiger partial charge in [0.25, 0.3) is 11.8 Å². The van der Waals surface area contributed by atoms with Crippen LogP contribution in [0.25, 0.3) is 0 Å². The maximum Gasteiger partial charge on any atom is 0.325 e. The fraction of sp³-hybridized carbons (Fsp3) is 0.429. The Morgan fingerprint density at radius 2 is 1.90 bits per heavy atom. The molecule has 1 spiro atoms. The third-order valence-corrected chi connectivity index (χ3v) is 5.80. The number of aromatic nitrogens is 1. The minimum absolute atomic E-state index is 0.219.